The fraction of sp³-hybridized carbons (Fsp3) is 0.526. The van der Waals surface area contributed by atoms with Crippen molar-refractivity contribution in [2.45, 2.75) is 43.4 Å². The van der Waals surface area contributed by atoms with Crippen LogP contribution in [0.3, 0.4) is 0 Å². The molecule has 1 heterocycles. The molecule has 1 amide bonds. The number of carbonyl (C=O) groups excluding carboxylic acids is 1. The average molecular weight is 378 g/mol. The number of hydrogen-bond acceptors (Lipinski definition) is 4. The fourth-order valence-corrected chi connectivity index (χ4v) is 5.21. The SMILES string of the molecule is COc1ccc(NC(=O)C[C@@H]2C=CCC2)cc1S(=O)(=O)N1CCCCC1. The van der Waals surface area contributed by atoms with Gasteiger partial charge in [-0.2, -0.15) is 4.31 Å². The van der Waals surface area contributed by atoms with E-state index in [2.05, 4.69) is 17.5 Å². The van der Waals surface area contributed by atoms with Crippen molar-refractivity contribution in [3.63, 3.8) is 0 Å². The number of nitrogens with zero attached hydrogens (tertiary/aromatic N) is 1. The Morgan fingerprint density at radius 1 is 1.27 bits per heavy atom. The number of nitrogens with one attached hydrogen (secondary N) is 1. The molecule has 1 aromatic rings. The molecule has 142 valence electrons. The van der Waals surface area contributed by atoms with Gasteiger partial charge in [-0.25, -0.2) is 8.42 Å². The molecule has 7 heteroatoms. The van der Waals surface area contributed by atoms with Crippen LogP contribution in [0, 0.1) is 5.92 Å². The Hall–Kier alpha value is -1.86. The lowest BCUT2D eigenvalue weighted by molar-refractivity contribution is -0.116. The highest BCUT2D eigenvalue weighted by molar-refractivity contribution is 7.89. The zero-order valence-corrected chi connectivity index (χ0v) is 15.9. The summed E-state index contributed by atoms with van der Waals surface area (Å²) in [6.45, 7) is 1.05. The van der Waals surface area contributed by atoms with E-state index in [4.69, 9.17) is 4.74 Å². The van der Waals surface area contributed by atoms with E-state index in [9.17, 15) is 13.2 Å². The second-order valence-electron chi connectivity index (χ2n) is 6.85. The molecule has 1 saturated heterocycles. The molecular formula is C19H26N2O4S. The highest BCUT2D eigenvalue weighted by Gasteiger charge is 2.29. The average Bonchev–Trinajstić information content (AvgIpc) is 3.15. The van der Waals surface area contributed by atoms with Gasteiger partial charge in [-0.05, 0) is 49.8 Å². The number of amides is 1. The maximum Gasteiger partial charge on any atom is 0.246 e. The topological polar surface area (TPSA) is 75.7 Å². The van der Waals surface area contributed by atoms with Gasteiger partial charge in [-0.3, -0.25) is 4.79 Å². The number of ether oxygens (including phenoxy) is 1. The number of benzene rings is 1. The Balaban J connectivity index is 1.79. The number of anilines is 1. The third kappa shape index (κ3) is 4.27. The van der Waals surface area contributed by atoms with Gasteiger partial charge < -0.3 is 10.1 Å². The third-order valence-corrected chi connectivity index (χ3v) is 6.86. The van der Waals surface area contributed by atoms with Crippen LogP contribution >= 0.6 is 0 Å². The predicted molar refractivity (Wildman–Crippen MR) is 101 cm³/mol. The van der Waals surface area contributed by atoms with Gasteiger partial charge in [0.2, 0.25) is 15.9 Å². The Morgan fingerprint density at radius 3 is 2.69 bits per heavy atom. The lowest BCUT2D eigenvalue weighted by Gasteiger charge is -2.26. The van der Waals surface area contributed by atoms with Crippen LogP contribution in [0.1, 0.15) is 38.5 Å². The number of sulfonamides is 1. The van der Waals surface area contributed by atoms with Gasteiger partial charge in [-0.1, -0.05) is 18.6 Å². The van der Waals surface area contributed by atoms with Crippen LogP contribution in [0.25, 0.3) is 0 Å². The zero-order chi connectivity index (χ0) is 18.6. The molecule has 1 aliphatic heterocycles. The van der Waals surface area contributed by atoms with E-state index in [-0.39, 0.29) is 16.7 Å². The van der Waals surface area contributed by atoms with Crippen molar-refractivity contribution < 1.29 is 17.9 Å². The maximum atomic E-state index is 13.0. The van der Waals surface area contributed by atoms with Crippen LogP contribution in [-0.2, 0) is 14.8 Å². The summed E-state index contributed by atoms with van der Waals surface area (Å²) in [5.41, 5.74) is 0.480. The second kappa shape index (κ2) is 8.22. The maximum absolute atomic E-state index is 13.0. The van der Waals surface area contributed by atoms with Crippen LogP contribution in [-0.4, -0.2) is 38.8 Å². The van der Waals surface area contributed by atoms with Crippen molar-refractivity contribution in [2.24, 2.45) is 5.92 Å². The van der Waals surface area contributed by atoms with Crippen molar-refractivity contribution in [2.75, 3.05) is 25.5 Å². The molecule has 0 radical (unpaired) electrons. The molecule has 0 spiro atoms. The van der Waals surface area contributed by atoms with E-state index in [0.717, 1.165) is 32.1 Å². The lowest BCUT2D eigenvalue weighted by Crippen LogP contribution is -2.35. The summed E-state index contributed by atoms with van der Waals surface area (Å²) in [7, 11) is -2.19. The number of piperidine rings is 1. The van der Waals surface area contributed by atoms with E-state index in [1.54, 1.807) is 12.1 Å². The molecule has 6 nitrogen and oxygen atoms in total. The zero-order valence-electron chi connectivity index (χ0n) is 15.1. The van der Waals surface area contributed by atoms with Crippen LogP contribution in [0.5, 0.6) is 5.75 Å². The second-order valence-corrected chi connectivity index (χ2v) is 8.75. The van der Waals surface area contributed by atoms with E-state index >= 15 is 0 Å². The molecular weight excluding hydrogens is 352 g/mol. The Labute approximate surface area is 155 Å². The quantitative estimate of drug-likeness (QED) is 0.772. The summed E-state index contributed by atoms with van der Waals surface area (Å²) in [5, 5.41) is 2.82. The summed E-state index contributed by atoms with van der Waals surface area (Å²) in [6, 6.07) is 4.78. The summed E-state index contributed by atoms with van der Waals surface area (Å²) in [5.74, 6) is 0.463. The smallest absolute Gasteiger partial charge is 0.246 e. The summed E-state index contributed by atoms with van der Waals surface area (Å²) < 4.78 is 32.8. The summed E-state index contributed by atoms with van der Waals surface area (Å²) >= 11 is 0. The molecule has 0 aromatic heterocycles. The van der Waals surface area contributed by atoms with Gasteiger partial charge in [0.1, 0.15) is 10.6 Å². The first-order valence-corrected chi connectivity index (χ1v) is 10.6. The van der Waals surface area contributed by atoms with Gasteiger partial charge >= 0.3 is 0 Å². The molecule has 2 aliphatic rings. The van der Waals surface area contributed by atoms with Crippen molar-refractivity contribution in [1.82, 2.24) is 4.31 Å². The monoisotopic (exact) mass is 378 g/mol. The highest BCUT2D eigenvalue weighted by atomic mass is 32.2. The Bertz CT molecular complexity index is 783. The minimum absolute atomic E-state index is 0.104. The van der Waals surface area contributed by atoms with Gasteiger partial charge in [-0.15, -0.1) is 0 Å². The number of hydrogen-bond donors (Lipinski definition) is 1. The third-order valence-electron chi connectivity index (χ3n) is 4.94. The molecule has 0 unspecified atom stereocenters. The van der Waals surface area contributed by atoms with Gasteiger partial charge in [0, 0.05) is 25.2 Å². The fourth-order valence-electron chi connectivity index (χ4n) is 3.52. The van der Waals surface area contributed by atoms with Gasteiger partial charge in [0.15, 0.2) is 0 Å². The molecule has 1 aromatic carbocycles. The predicted octanol–water partition coefficient (Wildman–Crippen LogP) is 3.16. The molecule has 0 saturated carbocycles. The Kier molecular flexibility index (Phi) is 5.98. The first kappa shape index (κ1) is 18.9. The first-order valence-electron chi connectivity index (χ1n) is 9.15. The van der Waals surface area contributed by atoms with E-state index < -0.39 is 10.0 Å². The van der Waals surface area contributed by atoms with Crippen molar-refractivity contribution in [3.05, 3.63) is 30.4 Å². The van der Waals surface area contributed by atoms with E-state index in [1.807, 2.05) is 0 Å². The van der Waals surface area contributed by atoms with Crippen molar-refractivity contribution in [1.29, 1.82) is 0 Å². The molecule has 1 atom stereocenters. The van der Waals surface area contributed by atoms with Crippen LogP contribution in [0.2, 0.25) is 0 Å². The number of rotatable bonds is 6. The standard InChI is InChI=1S/C19H26N2O4S/c1-25-17-10-9-16(20-19(22)13-15-7-3-4-8-15)14-18(17)26(23,24)21-11-5-2-6-12-21/h3,7,9-10,14-15H,2,4-6,8,11-13H2,1H3,(H,20,22)/t15-/m1/s1. The first-order chi connectivity index (χ1) is 12.5. The molecule has 0 bridgehead atoms. The summed E-state index contributed by atoms with van der Waals surface area (Å²) in [4.78, 5) is 12.4. The largest absolute Gasteiger partial charge is 0.495 e. The lowest BCUT2D eigenvalue weighted by atomic mass is 10.1. The molecule has 1 N–H and O–H groups in total. The number of allylic oxidation sites excluding steroid dienone is 2. The molecule has 26 heavy (non-hydrogen) atoms. The van der Waals surface area contributed by atoms with Crippen molar-refractivity contribution >= 4 is 21.6 Å². The van der Waals surface area contributed by atoms with Crippen molar-refractivity contribution in [3.8, 4) is 5.75 Å². The normalized spacial score (nSPS) is 20.9. The molecule has 1 fully saturated rings. The highest BCUT2D eigenvalue weighted by Crippen LogP contribution is 2.31. The molecule has 3 rings (SSSR count). The molecule has 1 aliphatic carbocycles. The van der Waals surface area contributed by atoms with Gasteiger partial charge in [0.05, 0.1) is 7.11 Å². The van der Waals surface area contributed by atoms with Crippen LogP contribution in [0.15, 0.2) is 35.2 Å². The van der Waals surface area contributed by atoms with E-state index in [1.165, 1.54) is 17.5 Å². The summed E-state index contributed by atoms with van der Waals surface area (Å²) in [6.07, 6.45) is 9.36. The minimum Gasteiger partial charge on any atom is -0.495 e. The van der Waals surface area contributed by atoms with Gasteiger partial charge in [0.25, 0.3) is 0 Å². The van der Waals surface area contributed by atoms with Crippen LogP contribution in [0.4, 0.5) is 5.69 Å². The number of methoxy groups -OCH3 is 1. The number of carbonyl (C=O) groups is 1. The minimum atomic E-state index is -3.64. The van der Waals surface area contributed by atoms with E-state index in [0.29, 0.717) is 30.9 Å². The Morgan fingerprint density at radius 2 is 2.04 bits per heavy atom. The van der Waals surface area contributed by atoms with Crippen LogP contribution < -0.4 is 10.1 Å².